The van der Waals surface area contributed by atoms with E-state index in [1.807, 2.05) is 36.4 Å². The maximum Gasteiger partial charge on any atom is 0.243 e. The number of para-hydroxylation sites is 2. The maximum atomic E-state index is 13.0. The van der Waals surface area contributed by atoms with Gasteiger partial charge in [-0.25, -0.2) is 13.4 Å². The topological polar surface area (TPSA) is 66.7 Å². The summed E-state index contributed by atoms with van der Waals surface area (Å²) in [5.41, 5.74) is 2.80. The molecule has 2 heterocycles. The molecule has 1 aromatic heterocycles. The predicted molar refractivity (Wildman–Crippen MR) is 113 cm³/mol. The first-order valence-electron chi connectivity index (χ1n) is 10.1. The molecule has 29 heavy (non-hydrogen) atoms. The van der Waals surface area contributed by atoms with Gasteiger partial charge in [-0.3, -0.25) is 4.90 Å². The molecule has 7 heteroatoms. The number of aromatic nitrogens is 1. The molecule has 1 aliphatic rings. The lowest BCUT2D eigenvalue weighted by atomic mass is 10.0. The van der Waals surface area contributed by atoms with Crippen LogP contribution in [0.2, 0.25) is 0 Å². The molecule has 0 saturated carbocycles. The third-order valence-corrected chi connectivity index (χ3v) is 7.15. The number of hydrogen-bond donors (Lipinski definition) is 0. The first-order chi connectivity index (χ1) is 13.9. The number of oxazole rings is 1. The van der Waals surface area contributed by atoms with Gasteiger partial charge in [0.15, 0.2) is 5.58 Å². The molecule has 0 N–H and O–H groups in total. The molecule has 3 aromatic rings. The van der Waals surface area contributed by atoms with Crippen LogP contribution in [0.3, 0.4) is 0 Å². The van der Waals surface area contributed by atoms with E-state index in [0.29, 0.717) is 49.4 Å². The molecule has 1 aliphatic heterocycles. The Morgan fingerprint density at radius 1 is 1.00 bits per heavy atom. The van der Waals surface area contributed by atoms with E-state index in [-0.39, 0.29) is 0 Å². The number of nitrogens with zero attached hydrogens (tertiary/aromatic N) is 3. The van der Waals surface area contributed by atoms with Crippen molar-refractivity contribution in [3.05, 3.63) is 60.0 Å². The Morgan fingerprint density at radius 2 is 1.69 bits per heavy atom. The molecule has 154 valence electrons. The van der Waals surface area contributed by atoms with E-state index in [4.69, 9.17) is 4.42 Å². The monoisotopic (exact) mass is 413 g/mol. The number of benzene rings is 2. The lowest BCUT2D eigenvalue weighted by molar-refractivity contribution is 0.169. The fourth-order valence-electron chi connectivity index (χ4n) is 3.72. The van der Waals surface area contributed by atoms with Gasteiger partial charge in [-0.2, -0.15) is 4.31 Å². The van der Waals surface area contributed by atoms with E-state index >= 15 is 0 Å². The summed E-state index contributed by atoms with van der Waals surface area (Å²) in [4.78, 5) is 7.07. The Balaban J connectivity index is 1.38. The van der Waals surface area contributed by atoms with Gasteiger partial charge in [-0.15, -0.1) is 0 Å². The highest BCUT2D eigenvalue weighted by atomic mass is 32.2. The lowest BCUT2D eigenvalue weighted by Crippen LogP contribution is -2.48. The predicted octanol–water partition coefficient (Wildman–Crippen LogP) is 3.53. The van der Waals surface area contributed by atoms with Crippen LogP contribution in [0.1, 0.15) is 25.3 Å². The Kier molecular flexibility index (Phi) is 5.72. The highest BCUT2D eigenvalue weighted by Crippen LogP contribution is 2.21. The summed E-state index contributed by atoms with van der Waals surface area (Å²) in [5.74, 6) is 1.22. The van der Waals surface area contributed by atoms with Crippen molar-refractivity contribution in [2.75, 3.05) is 26.2 Å². The van der Waals surface area contributed by atoms with Crippen molar-refractivity contribution in [3.63, 3.8) is 0 Å². The van der Waals surface area contributed by atoms with Crippen LogP contribution in [-0.2, 0) is 23.0 Å². The number of hydrogen-bond acceptors (Lipinski definition) is 5. The second kappa shape index (κ2) is 8.26. The van der Waals surface area contributed by atoms with Crippen LogP contribution >= 0.6 is 0 Å². The molecule has 4 rings (SSSR count). The van der Waals surface area contributed by atoms with Gasteiger partial charge in [0.2, 0.25) is 15.9 Å². The number of sulfonamides is 1. The Morgan fingerprint density at radius 3 is 2.34 bits per heavy atom. The molecule has 1 saturated heterocycles. The van der Waals surface area contributed by atoms with Gasteiger partial charge in [0.25, 0.3) is 0 Å². The van der Waals surface area contributed by atoms with Crippen LogP contribution < -0.4 is 0 Å². The highest BCUT2D eigenvalue weighted by molar-refractivity contribution is 7.89. The number of fused-ring (bicyclic) bond motifs is 1. The third kappa shape index (κ3) is 4.52. The minimum atomic E-state index is -3.46. The minimum absolute atomic E-state index is 0.373. The molecule has 0 aliphatic carbocycles. The van der Waals surface area contributed by atoms with E-state index in [2.05, 4.69) is 23.7 Å². The standard InChI is InChI=1S/C22H27N3O3S/c1-17(2)15-18-7-9-19(10-8-18)29(26,27)25-13-11-24(12-14-25)16-22-23-20-5-3-4-6-21(20)28-22/h3-10,17H,11-16H2,1-2H3. The summed E-state index contributed by atoms with van der Waals surface area (Å²) in [7, 11) is -3.46. The quantitative estimate of drug-likeness (QED) is 0.618. The van der Waals surface area contributed by atoms with Gasteiger partial charge in [0.05, 0.1) is 11.4 Å². The normalized spacial score (nSPS) is 16.7. The highest BCUT2D eigenvalue weighted by Gasteiger charge is 2.29. The number of piperazine rings is 1. The fourth-order valence-corrected chi connectivity index (χ4v) is 5.15. The summed E-state index contributed by atoms with van der Waals surface area (Å²) < 4.78 is 33.3. The van der Waals surface area contributed by atoms with Crippen LogP contribution in [0.25, 0.3) is 11.1 Å². The van der Waals surface area contributed by atoms with Gasteiger partial charge >= 0.3 is 0 Å². The van der Waals surface area contributed by atoms with E-state index in [0.717, 1.165) is 17.5 Å². The van der Waals surface area contributed by atoms with Crippen LogP contribution in [-0.4, -0.2) is 48.8 Å². The van der Waals surface area contributed by atoms with Gasteiger partial charge in [-0.1, -0.05) is 38.1 Å². The minimum Gasteiger partial charge on any atom is -0.439 e. The van der Waals surface area contributed by atoms with Crippen molar-refractivity contribution in [3.8, 4) is 0 Å². The summed E-state index contributed by atoms with van der Waals surface area (Å²) in [5, 5.41) is 0. The van der Waals surface area contributed by atoms with Crippen molar-refractivity contribution >= 4 is 21.1 Å². The van der Waals surface area contributed by atoms with E-state index in [1.165, 1.54) is 5.56 Å². The average molecular weight is 414 g/mol. The second-order valence-electron chi connectivity index (χ2n) is 8.00. The Labute approximate surface area is 172 Å². The van der Waals surface area contributed by atoms with Crippen LogP contribution in [0, 0.1) is 5.92 Å². The third-order valence-electron chi connectivity index (χ3n) is 5.23. The second-order valence-corrected chi connectivity index (χ2v) is 9.94. The average Bonchev–Trinajstić information content (AvgIpc) is 3.10. The SMILES string of the molecule is CC(C)Cc1ccc(S(=O)(=O)N2CCN(Cc3nc4ccccc4o3)CC2)cc1. The zero-order chi connectivity index (χ0) is 20.4. The van der Waals surface area contributed by atoms with Gasteiger partial charge in [0, 0.05) is 26.2 Å². The van der Waals surface area contributed by atoms with Crippen LogP contribution in [0.15, 0.2) is 57.8 Å². The van der Waals surface area contributed by atoms with Gasteiger partial charge in [-0.05, 0) is 42.2 Å². The summed E-state index contributed by atoms with van der Waals surface area (Å²) in [6.07, 6.45) is 0.953. The van der Waals surface area contributed by atoms with Crippen molar-refractivity contribution in [2.45, 2.75) is 31.7 Å². The molecule has 0 spiro atoms. The van der Waals surface area contributed by atoms with Crippen LogP contribution in [0.4, 0.5) is 0 Å². The molecular weight excluding hydrogens is 386 g/mol. The molecular formula is C22H27N3O3S. The summed E-state index contributed by atoms with van der Waals surface area (Å²) >= 11 is 0. The maximum absolute atomic E-state index is 13.0. The molecule has 1 fully saturated rings. The van der Waals surface area contributed by atoms with Crippen LogP contribution in [0.5, 0.6) is 0 Å². The first kappa shape index (κ1) is 20.1. The van der Waals surface area contributed by atoms with Crippen molar-refractivity contribution in [1.82, 2.24) is 14.2 Å². The van der Waals surface area contributed by atoms with E-state index < -0.39 is 10.0 Å². The fraction of sp³-hybridized carbons (Fsp3) is 0.409. The lowest BCUT2D eigenvalue weighted by Gasteiger charge is -2.33. The van der Waals surface area contributed by atoms with E-state index in [9.17, 15) is 8.42 Å². The zero-order valence-corrected chi connectivity index (χ0v) is 17.7. The summed E-state index contributed by atoms with van der Waals surface area (Å²) in [6, 6.07) is 15.0. The molecule has 0 bridgehead atoms. The van der Waals surface area contributed by atoms with Crippen molar-refractivity contribution in [1.29, 1.82) is 0 Å². The molecule has 2 aromatic carbocycles. The smallest absolute Gasteiger partial charge is 0.243 e. The largest absolute Gasteiger partial charge is 0.439 e. The van der Waals surface area contributed by atoms with Gasteiger partial charge < -0.3 is 4.42 Å². The Bertz CT molecular complexity index is 1030. The van der Waals surface area contributed by atoms with E-state index in [1.54, 1.807) is 16.4 Å². The molecule has 0 unspecified atom stereocenters. The van der Waals surface area contributed by atoms with Gasteiger partial charge in [0.1, 0.15) is 5.52 Å². The summed E-state index contributed by atoms with van der Waals surface area (Å²) in [6.45, 7) is 7.15. The molecule has 0 atom stereocenters. The number of rotatable bonds is 6. The first-order valence-corrected chi connectivity index (χ1v) is 11.5. The zero-order valence-electron chi connectivity index (χ0n) is 16.9. The molecule has 0 amide bonds. The molecule has 0 radical (unpaired) electrons. The molecule has 6 nitrogen and oxygen atoms in total. The van der Waals surface area contributed by atoms with Crippen molar-refractivity contribution in [2.24, 2.45) is 5.92 Å². The van der Waals surface area contributed by atoms with Crippen molar-refractivity contribution < 1.29 is 12.8 Å². The Hall–Kier alpha value is -2.22.